The van der Waals surface area contributed by atoms with Crippen LogP contribution in [0.1, 0.15) is 11.1 Å². The van der Waals surface area contributed by atoms with E-state index in [1.54, 1.807) is 18.2 Å². The number of benzene rings is 2. The van der Waals surface area contributed by atoms with E-state index in [9.17, 15) is 9.59 Å². The van der Waals surface area contributed by atoms with Gasteiger partial charge in [-0.2, -0.15) is 0 Å². The third-order valence-corrected chi connectivity index (χ3v) is 3.50. The summed E-state index contributed by atoms with van der Waals surface area (Å²) in [7, 11) is 2.99. The highest BCUT2D eigenvalue weighted by molar-refractivity contribution is 6.43. The van der Waals surface area contributed by atoms with Crippen LogP contribution in [0.2, 0.25) is 0 Å². The van der Waals surface area contributed by atoms with E-state index in [-0.39, 0.29) is 0 Å². The molecule has 0 saturated heterocycles. The molecule has 6 heteroatoms. The van der Waals surface area contributed by atoms with Gasteiger partial charge in [0.25, 0.3) is 0 Å². The molecule has 2 aromatic carbocycles. The van der Waals surface area contributed by atoms with E-state index in [0.717, 1.165) is 11.1 Å². The molecule has 0 aromatic heterocycles. The fourth-order valence-electron chi connectivity index (χ4n) is 2.14. The largest absolute Gasteiger partial charge is 0.497 e. The summed E-state index contributed by atoms with van der Waals surface area (Å²) in [5, 5.41) is 5.15. The lowest BCUT2D eigenvalue weighted by Gasteiger charge is -2.12. The Morgan fingerprint density at radius 2 is 1.50 bits per heavy atom. The van der Waals surface area contributed by atoms with Gasteiger partial charge in [-0.1, -0.05) is 12.1 Å². The first-order valence-electron chi connectivity index (χ1n) is 7.36. The van der Waals surface area contributed by atoms with Crippen molar-refractivity contribution in [2.24, 2.45) is 0 Å². The van der Waals surface area contributed by atoms with Gasteiger partial charge in [0.2, 0.25) is 0 Å². The van der Waals surface area contributed by atoms with Crippen molar-refractivity contribution in [2.75, 3.05) is 24.9 Å². The van der Waals surface area contributed by atoms with Gasteiger partial charge >= 0.3 is 11.8 Å². The zero-order valence-corrected chi connectivity index (χ0v) is 14.1. The van der Waals surface area contributed by atoms with Crippen LogP contribution in [0.5, 0.6) is 11.5 Å². The number of hydrogen-bond acceptors (Lipinski definition) is 4. The van der Waals surface area contributed by atoms with Crippen LogP contribution in [0, 0.1) is 13.8 Å². The van der Waals surface area contributed by atoms with Crippen LogP contribution in [-0.2, 0) is 9.59 Å². The maximum absolute atomic E-state index is 12.2. The monoisotopic (exact) mass is 328 g/mol. The van der Waals surface area contributed by atoms with Gasteiger partial charge in [0.1, 0.15) is 11.5 Å². The quantitative estimate of drug-likeness (QED) is 0.846. The predicted molar refractivity (Wildman–Crippen MR) is 92.7 cm³/mol. The first-order valence-corrected chi connectivity index (χ1v) is 7.36. The fraction of sp³-hybridized carbons (Fsp3) is 0.222. The standard InChI is InChI=1S/C18H20N2O4/c1-11-5-6-12(2)14(9-11)19-17(21)18(22)20-15-10-13(23-3)7-8-16(15)24-4/h5-10H,1-4H3,(H,19,21)(H,20,22). The van der Waals surface area contributed by atoms with Crippen LogP contribution in [-0.4, -0.2) is 26.0 Å². The molecule has 126 valence electrons. The Hall–Kier alpha value is -3.02. The molecule has 0 unspecified atom stereocenters. The van der Waals surface area contributed by atoms with E-state index in [1.807, 2.05) is 32.0 Å². The Kier molecular flexibility index (Phi) is 5.42. The summed E-state index contributed by atoms with van der Waals surface area (Å²) in [5.41, 5.74) is 2.83. The summed E-state index contributed by atoms with van der Waals surface area (Å²) >= 11 is 0. The molecule has 0 aliphatic heterocycles. The van der Waals surface area contributed by atoms with Crippen molar-refractivity contribution >= 4 is 23.2 Å². The summed E-state index contributed by atoms with van der Waals surface area (Å²) in [6, 6.07) is 10.6. The molecule has 6 nitrogen and oxygen atoms in total. The van der Waals surface area contributed by atoms with Gasteiger partial charge in [-0.3, -0.25) is 9.59 Å². The number of carbonyl (C=O) groups is 2. The van der Waals surface area contributed by atoms with Crippen molar-refractivity contribution in [1.29, 1.82) is 0 Å². The number of methoxy groups -OCH3 is 2. The molecule has 0 aliphatic rings. The van der Waals surface area contributed by atoms with Gasteiger partial charge in [-0.15, -0.1) is 0 Å². The molecular formula is C18H20N2O4. The molecule has 0 fully saturated rings. The zero-order valence-electron chi connectivity index (χ0n) is 14.1. The molecule has 0 radical (unpaired) electrons. The van der Waals surface area contributed by atoms with Crippen LogP contribution >= 0.6 is 0 Å². The van der Waals surface area contributed by atoms with Gasteiger partial charge in [-0.25, -0.2) is 0 Å². The number of amides is 2. The van der Waals surface area contributed by atoms with Crippen molar-refractivity contribution in [1.82, 2.24) is 0 Å². The van der Waals surface area contributed by atoms with Gasteiger partial charge in [0.15, 0.2) is 0 Å². The molecule has 0 atom stereocenters. The maximum Gasteiger partial charge on any atom is 0.314 e. The van der Waals surface area contributed by atoms with Gasteiger partial charge in [-0.05, 0) is 43.2 Å². The normalized spacial score (nSPS) is 10.0. The summed E-state index contributed by atoms with van der Waals surface area (Å²) in [5.74, 6) is -0.569. The summed E-state index contributed by atoms with van der Waals surface area (Å²) in [4.78, 5) is 24.3. The molecule has 0 heterocycles. The first kappa shape index (κ1) is 17.3. The fourth-order valence-corrected chi connectivity index (χ4v) is 2.14. The maximum atomic E-state index is 12.2. The zero-order chi connectivity index (χ0) is 17.7. The van der Waals surface area contributed by atoms with Crippen LogP contribution in [0.15, 0.2) is 36.4 Å². The highest BCUT2D eigenvalue weighted by Gasteiger charge is 2.17. The van der Waals surface area contributed by atoms with E-state index in [0.29, 0.717) is 22.9 Å². The van der Waals surface area contributed by atoms with Crippen molar-refractivity contribution < 1.29 is 19.1 Å². The molecule has 2 rings (SSSR count). The van der Waals surface area contributed by atoms with E-state index in [4.69, 9.17) is 9.47 Å². The topological polar surface area (TPSA) is 76.7 Å². The Balaban J connectivity index is 2.14. The second-order valence-corrected chi connectivity index (χ2v) is 5.29. The van der Waals surface area contributed by atoms with E-state index >= 15 is 0 Å². The predicted octanol–water partition coefficient (Wildman–Crippen LogP) is 2.90. The first-order chi connectivity index (χ1) is 11.4. The lowest BCUT2D eigenvalue weighted by molar-refractivity contribution is -0.133. The van der Waals surface area contributed by atoms with Crippen molar-refractivity contribution in [3.05, 3.63) is 47.5 Å². The number of ether oxygens (including phenoxy) is 2. The lowest BCUT2D eigenvalue weighted by atomic mass is 10.1. The number of aryl methyl sites for hydroxylation is 2. The minimum Gasteiger partial charge on any atom is -0.497 e. The molecule has 2 aromatic rings. The van der Waals surface area contributed by atoms with Crippen LogP contribution in [0.3, 0.4) is 0 Å². The number of carbonyl (C=O) groups excluding carboxylic acids is 2. The van der Waals surface area contributed by atoms with E-state index in [2.05, 4.69) is 10.6 Å². The second kappa shape index (κ2) is 7.50. The third kappa shape index (κ3) is 4.04. The summed E-state index contributed by atoms with van der Waals surface area (Å²) in [6.45, 7) is 3.77. The Labute approximate surface area is 140 Å². The van der Waals surface area contributed by atoms with E-state index in [1.165, 1.54) is 14.2 Å². The molecule has 2 amide bonds. The molecular weight excluding hydrogens is 308 g/mol. The van der Waals surface area contributed by atoms with Crippen molar-refractivity contribution in [3.8, 4) is 11.5 Å². The lowest BCUT2D eigenvalue weighted by Crippen LogP contribution is -2.29. The van der Waals surface area contributed by atoms with Gasteiger partial charge in [0.05, 0.1) is 19.9 Å². The highest BCUT2D eigenvalue weighted by Crippen LogP contribution is 2.28. The van der Waals surface area contributed by atoms with E-state index < -0.39 is 11.8 Å². The van der Waals surface area contributed by atoms with Gasteiger partial charge < -0.3 is 20.1 Å². The number of nitrogens with one attached hydrogen (secondary N) is 2. The third-order valence-electron chi connectivity index (χ3n) is 3.50. The number of anilines is 2. The Bertz CT molecular complexity index is 772. The van der Waals surface area contributed by atoms with Crippen LogP contribution in [0.4, 0.5) is 11.4 Å². The Morgan fingerprint density at radius 1 is 0.833 bits per heavy atom. The Morgan fingerprint density at radius 3 is 2.12 bits per heavy atom. The molecule has 0 saturated carbocycles. The van der Waals surface area contributed by atoms with Crippen LogP contribution in [0.25, 0.3) is 0 Å². The minimum absolute atomic E-state index is 0.359. The van der Waals surface area contributed by atoms with Crippen LogP contribution < -0.4 is 20.1 Å². The molecule has 0 bridgehead atoms. The number of hydrogen-bond donors (Lipinski definition) is 2. The average molecular weight is 328 g/mol. The smallest absolute Gasteiger partial charge is 0.314 e. The minimum atomic E-state index is -0.789. The molecule has 24 heavy (non-hydrogen) atoms. The number of rotatable bonds is 4. The molecule has 2 N–H and O–H groups in total. The van der Waals surface area contributed by atoms with Crippen molar-refractivity contribution in [3.63, 3.8) is 0 Å². The van der Waals surface area contributed by atoms with Crippen molar-refractivity contribution in [2.45, 2.75) is 13.8 Å². The highest BCUT2D eigenvalue weighted by atomic mass is 16.5. The average Bonchev–Trinajstić information content (AvgIpc) is 2.57. The summed E-state index contributed by atoms with van der Waals surface area (Å²) < 4.78 is 10.3. The SMILES string of the molecule is COc1ccc(OC)c(NC(=O)C(=O)Nc2cc(C)ccc2C)c1. The summed E-state index contributed by atoms with van der Waals surface area (Å²) in [6.07, 6.45) is 0. The second-order valence-electron chi connectivity index (χ2n) is 5.29. The molecule has 0 aliphatic carbocycles. The van der Waals surface area contributed by atoms with Gasteiger partial charge in [0, 0.05) is 11.8 Å². The molecule has 0 spiro atoms.